The average Bonchev–Trinajstić information content (AvgIpc) is 2.49. The minimum Gasteiger partial charge on any atom is -0.326 e. The number of fused-ring (bicyclic) bond motifs is 1. The summed E-state index contributed by atoms with van der Waals surface area (Å²) in [7, 11) is 0. The van der Waals surface area contributed by atoms with Crippen LogP contribution in [0, 0.1) is 0 Å². The zero-order valence-electron chi connectivity index (χ0n) is 11.6. The Hall–Kier alpha value is -1.98. The van der Waals surface area contributed by atoms with Crippen molar-refractivity contribution in [1.29, 1.82) is 0 Å². The zero-order chi connectivity index (χ0) is 15.5. The summed E-state index contributed by atoms with van der Waals surface area (Å²) in [6, 6.07) is 12.7. The maximum absolute atomic E-state index is 12.1. The van der Waals surface area contributed by atoms with Crippen molar-refractivity contribution in [2.45, 2.75) is 11.3 Å². The van der Waals surface area contributed by atoms with Crippen molar-refractivity contribution in [3.05, 3.63) is 53.1 Å². The Morgan fingerprint density at radius 1 is 1.27 bits per heavy atom. The topological polar surface area (TPSA) is 58.2 Å². The van der Waals surface area contributed by atoms with Gasteiger partial charge in [0.05, 0.1) is 17.9 Å². The van der Waals surface area contributed by atoms with Gasteiger partial charge in [-0.3, -0.25) is 9.59 Å². The van der Waals surface area contributed by atoms with Gasteiger partial charge in [0.25, 0.3) is 0 Å². The zero-order valence-corrected chi connectivity index (χ0v) is 13.1. The molecule has 0 saturated heterocycles. The summed E-state index contributed by atoms with van der Waals surface area (Å²) in [5.74, 6) is 0.241. The molecule has 22 heavy (non-hydrogen) atoms. The molecule has 0 atom stereocenters. The van der Waals surface area contributed by atoms with Gasteiger partial charge in [0, 0.05) is 15.6 Å². The molecule has 0 unspecified atom stereocenters. The van der Waals surface area contributed by atoms with Crippen LogP contribution < -0.4 is 10.6 Å². The fourth-order valence-electron chi connectivity index (χ4n) is 2.18. The first-order valence-electron chi connectivity index (χ1n) is 6.72. The van der Waals surface area contributed by atoms with Crippen molar-refractivity contribution in [3.63, 3.8) is 0 Å². The Kier molecular flexibility index (Phi) is 4.36. The van der Waals surface area contributed by atoms with Crippen LogP contribution in [-0.4, -0.2) is 17.6 Å². The molecular weight excluding hydrogens is 320 g/mol. The lowest BCUT2D eigenvalue weighted by Crippen LogP contribution is -2.19. The van der Waals surface area contributed by atoms with E-state index in [2.05, 4.69) is 10.6 Å². The van der Waals surface area contributed by atoms with Crippen LogP contribution >= 0.6 is 23.4 Å². The van der Waals surface area contributed by atoms with Crippen LogP contribution in [-0.2, 0) is 16.0 Å². The number of carbonyl (C=O) groups is 2. The van der Waals surface area contributed by atoms with Crippen LogP contribution in [0.3, 0.4) is 0 Å². The van der Waals surface area contributed by atoms with E-state index in [-0.39, 0.29) is 18.2 Å². The Balaban J connectivity index is 1.71. The van der Waals surface area contributed by atoms with Crippen LogP contribution in [0.25, 0.3) is 0 Å². The molecule has 4 nitrogen and oxygen atoms in total. The molecule has 0 aliphatic carbocycles. The van der Waals surface area contributed by atoms with Crippen molar-refractivity contribution in [3.8, 4) is 0 Å². The summed E-state index contributed by atoms with van der Waals surface area (Å²) in [6.45, 7) is 0. The normalized spacial score (nSPS) is 13.2. The molecule has 3 rings (SSSR count). The molecule has 1 heterocycles. The number of amides is 2. The quantitative estimate of drug-likeness (QED) is 0.903. The maximum atomic E-state index is 12.1. The molecule has 6 heteroatoms. The summed E-state index contributed by atoms with van der Waals surface area (Å²) in [5, 5.41) is 6.20. The number of benzene rings is 2. The van der Waals surface area contributed by atoms with E-state index < -0.39 is 0 Å². The average molecular weight is 333 g/mol. The Morgan fingerprint density at radius 2 is 2.09 bits per heavy atom. The highest BCUT2D eigenvalue weighted by Gasteiger charge is 2.16. The van der Waals surface area contributed by atoms with Crippen molar-refractivity contribution in [1.82, 2.24) is 0 Å². The molecule has 0 saturated carbocycles. The van der Waals surface area contributed by atoms with Gasteiger partial charge in [-0.25, -0.2) is 0 Å². The predicted octanol–water partition coefficient (Wildman–Crippen LogP) is 3.57. The molecule has 0 fully saturated rings. The summed E-state index contributed by atoms with van der Waals surface area (Å²) >= 11 is 7.54. The van der Waals surface area contributed by atoms with E-state index in [0.29, 0.717) is 16.5 Å². The van der Waals surface area contributed by atoms with Gasteiger partial charge in [-0.2, -0.15) is 0 Å². The Labute approximate surface area is 137 Å². The number of halogens is 1. The number of thioether (sulfide) groups is 1. The van der Waals surface area contributed by atoms with E-state index in [1.54, 1.807) is 12.1 Å². The van der Waals surface area contributed by atoms with Crippen molar-refractivity contribution in [2.24, 2.45) is 0 Å². The van der Waals surface area contributed by atoms with Gasteiger partial charge in [0.2, 0.25) is 11.8 Å². The molecule has 112 valence electrons. The van der Waals surface area contributed by atoms with E-state index in [1.165, 1.54) is 11.8 Å². The molecule has 2 N–H and O–H groups in total. The monoisotopic (exact) mass is 332 g/mol. The lowest BCUT2D eigenvalue weighted by atomic mass is 10.1. The third kappa shape index (κ3) is 3.43. The van der Waals surface area contributed by atoms with Gasteiger partial charge in [-0.15, -0.1) is 11.8 Å². The lowest BCUT2D eigenvalue weighted by molar-refractivity contribution is -0.115. The Morgan fingerprint density at radius 3 is 2.91 bits per heavy atom. The summed E-state index contributed by atoms with van der Waals surface area (Å²) in [6.07, 6.45) is 0.206. The van der Waals surface area contributed by atoms with Crippen molar-refractivity contribution < 1.29 is 9.59 Å². The standard InChI is InChI=1S/C16H13ClN2O2S/c17-12-4-2-1-3-10(12)7-15(20)18-11-5-6-14-13(8-11)19-16(21)9-22-14/h1-6,8H,7,9H2,(H,18,20)(H,19,21). The van der Waals surface area contributed by atoms with E-state index in [1.807, 2.05) is 30.3 Å². The highest BCUT2D eigenvalue weighted by atomic mass is 35.5. The molecule has 2 aromatic carbocycles. The second kappa shape index (κ2) is 6.42. The molecule has 1 aliphatic heterocycles. The fraction of sp³-hybridized carbons (Fsp3) is 0.125. The van der Waals surface area contributed by atoms with E-state index in [9.17, 15) is 9.59 Å². The second-order valence-electron chi connectivity index (χ2n) is 4.86. The molecule has 2 aromatic rings. The van der Waals surface area contributed by atoms with Crippen LogP contribution in [0.5, 0.6) is 0 Å². The van der Waals surface area contributed by atoms with Gasteiger partial charge in [0.1, 0.15) is 0 Å². The summed E-state index contributed by atoms with van der Waals surface area (Å²) in [5.41, 5.74) is 2.17. The first kappa shape index (κ1) is 14.9. The number of carbonyl (C=O) groups excluding carboxylic acids is 2. The van der Waals surface area contributed by atoms with Gasteiger partial charge >= 0.3 is 0 Å². The van der Waals surface area contributed by atoms with Crippen LogP contribution in [0.15, 0.2) is 47.4 Å². The van der Waals surface area contributed by atoms with Crippen LogP contribution in [0.2, 0.25) is 5.02 Å². The van der Waals surface area contributed by atoms with E-state index >= 15 is 0 Å². The smallest absolute Gasteiger partial charge is 0.234 e. The second-order valence-corrected chi connectivity index (χ2v) is 6.29. The number of hydrogen-bond acceptors (Lipinski definition) is 3. The molecule has 0 radical (unpaired) electrons. The molecule has 0 aromatic heterocycles. The number of hydrogen-bond donors (Lipinski definition) is 2. The molecule has 2 amide bonds. The van der Waals surface area contributed by atoms with E-state index in [4.69, 9.17) is 11.6 Å². The van der Waals surface area contributed by atoms with Crippen LogP contribution in [0.1, 0.15) is 5.56 Å². The number of anilines is 2. The molecule has 0 bridgehead atoms. The van der Waals surface area contributed by atoms with Gasteiger partial charge in [-0.1, -0.05) is 29.8 Å². The van der Waals surface area contributed by atoms with Crippen molar-refractivity contribution in [2.75, 3.05) is 16.4 Å². The SMILES string of the molecule is O=C(Cc1ccccc1Cl)Nc1ccc2c(c1)NC(=O)CS2. The van der Waals surface area contributed by atoms with Crippen molar-refractivity contribution >= 4 is 46.6 Å². The minimum absolute atomic E-state index is 0.0305. The highest BCUT2D eigenvalue weighted by Crippen LogP contribution is 2.33. The summed E-state index contributed by atoms with van der Waals surface area (Å²) in [4.78, 5) is 24.5. The van der Waals surface area contributed by atoms with Gasteiger partial charge < -0.3 is 10.6 Å². The number of nitrogens with one attached hydrogen (secondary N) is 2. The third-order valence-corrected chi connectivity index (χ3v) is 4.65. The summed E-state index contributed by atoms with van der Waals surface area (Å²) < 4.78 is 0. The number of rotatable bonds is 3. The molecule has 1 aliphatic rings. The Bertz CT molecular complexity index is 749. The van der Waals surface area contributed by atoms with Gasteiger partial charge in [0.15, 0.2) is 0 Å². The molecule has 0 spiro atoms. The maximum Gasteiger partial charge on any atom is 0.234 e. The fourth-order valence-corrected chi connectivity index (χ4v) is 3.17. The largest absolute Gasteiger partial charge is 0.326 e. The van der Waals surface area contributed by atoms with Gasteiger partial charge in [-0.05, 0) is 29.8 Å². The predicted molar refractivity (Wildman–Crippen MR) is 89.6 cm³/mol. The first-order chi connectivity index (χ1) is 10.6. The van der Waals surface area contributed by atoms with E-state index in [0.717, 1.165) is 16.1 Å². The third-order valence-electron chi connectivity index (χ3n) is 3.21. The molecular formula is C16H13ClN2O2S. The highest BCUT2D eigenvalue weighted by molar-refractivity contribution is 8.00. The minimum atomic E-state index is -0.150. The lowest BCUT2D eigenvalue weighted by Gasteiger charge is -2.17. The first-order valence-corrected chi connectivity index (χ1v) is 8.08. The van der Waals surface area contributed by atoms with Crippen LogP contribution in [0.4, 0.5) is 11.4 Å².